The molecule has 0 fully saturated rings. The summed E-state index contributed by atoms with van der Waals surface area (Å²) in [5.74, 6) is 0. The van der Waals surface area contributed by atoms with E-state index in [1.807, 2.05) is 0 Å². The van der Waals surface area contributed by atoms with Crippen LogP contribution in [0.5, 0.6) is 0 Å². The van der Waals surface area contributed by atoms with E-state index in [4.69, 9.17) is 4.74 Å². The van der Waals surface area contributed by atoms with Crippen LogP contribution >= 0.6 is 0 Å². The largest absolute Gasteiger partial charge is 0.380 e. The summed E-state index contributed by atoms with van der Waals surface area (Å²) in [6.07, 6.45) is 12.1. The lowest BCUT2D eigenvalue weighted by molar-refractivity contribution is 0.0703. The van der Waals surface area contributed by atoms with Crippen molar-refractivity contribution in [3.05, 3.63) is 0 Å². The van der Waals surface area contributed by atoms with Gasteiger partial charge in [0.15, 0.2) is 0 Å². The lowest BCUT2D eigenvalue weighted by Crippen LogP contribution is -2.35. The number of unbranched alkanes of at least 4 members (excludes halogenated alkanes) is 7. The molecule has 1 atom stereocenters. The van der Waals surface area contributed by atoms with Crippen molar-refractivity contribution in [1.29, 1.82) is 0 Å². The maximum Gasteiger partial charge on any atom is 0.0622 e. The number of nitrogens with zero attached hydrogens (tertiary/aromatic N) is 2. The van der Waals surface area contributed by atoms with Crippen molar-refractivity contribution in [2.45, 2.75) is 70.8 Å². The molecular formula is C18H40N2O. The Balaban J connectivity index is 3.41. The van der Waals surface area contributed by atoms with Crippen LogP contribution in [0.2, 0.25) is 0 Å². The number of likely N-dealkylation sites (N-methyl/N-ethyl adjacent to an activating group) is 1. The maximum absolute atomic E-state index is 5.87. The second-order valence-corrected chi connectivity index (χ2v) is 6.76. The summed E-state index contributed by atoms with van der Waals surface area (Å²) < 4.78 is 5.87. The van der Waals surface area contributed by atoms with E-state index in [0.29, 0.717) is 6.04 Å². The van der Waals surface area contributed by atoms with Crippen molar-refractivity contribution in [2.75, 3.05) is 47.9 Å². The van der Waals surface area contributed by atoms with E-state index in [1.54, 1.807) is 0 Å². The first kappa shape index (κ1) is 20.9. The summed E-state index contributed by atoms with van der Waals surface area (Å²) in [7, 11) is 8.57. The van der Waals surface area contributed by atoms with E-state index >= 15 is 0 Å². The molecule has 0 aliphatic heterocycles. The number of ether oxygens (including phenoxy) is 1. The molecule has 0 spiro atoms. The van der Waals surface area contributed by atoms with Crippen molar-refractivity contribution in [2.24, 2.45) is 0 Å². The molecular weight excluding hydrogens is 260 g/mol. The van der Waals surface area contributed by atoms with Gasteiger partial charge >= 0.3 is 0 Å². The van der Waals surface area contributed by atoms with Gasteiger partial charge in [-0.1, -0.05) is 51.9 Å². The molecule has 0 N–H and O–H groups in total. The molecule has 3 nitrogen and oxygen atoms in total. The van der Waals surface area contributed by atoms with Gasteiger partial charge in [0.1, 0.15) is 0 Å². The van der Waals surface area contributed by atoms with Gasteiger partial charge in [-0.25, -0.2) is 0 Å². The van der Waals surface area contributed by atoms with Gasteiger partial charge in [-0.2, -0.15) is 0 Å². The van der Waals surface area contributed by atoms with Crippen LogP contribution < -0.4 is 0 Å². The number of hydrogen-bond acceptors (Lipinski definition) is 3. The second-order valence-electron chi connectivity index (χ2n) is 6.76. The van der Waals surface area contributed by atoms with Crippen molar-refractivity contribution in [3.63, 3.8) is 0 Å². The molecule has 21 heavy (non-hydrogen) atoms. The normalized spacial score (nSPS) is 13.3. The highest BCUT2D eigenvalue weighted by Gasteiger charge is 2.11. The lowest BCUT2D eigenvalue weighted by Gasteiger charge is -2.25. The number of rotatable bonds is 15. The van der Waals surface area contributed by atoms with E-state index in [0.717, 1.165) is 19.8 Å². The fraction of sp³-hybridized carbons (Fsp3) is 1.00. The van der Waals surface area contributed by atoms with Crippen LogP contribution in [-0.4, -0.2) is 63.8 Å². The Morgan fingerprint density at radius 3 is 1.90 bits per heavy atom. The molecule has 0 saturated heterocycles. The lowest BCUT2D eigenvalue weighted by atomic mass is 10.1. The Kier molecular flexibility index (Phi) is 14.7. The van der Waals surface area contributed by atoms with Crippen molar-refractivity contribution in [3.8, 4) is 0 Å². The second kappa shape index (κ2) is 14.8. The van der Waals surface area contributed by atoms with Gasteiger partial charge in [0.2, 0.25) is 0 Å². The first-order chi connectivity index (χ1) is 10.1. The molecule has 128 valence electrons. The van der Waals surface area contributed by atoms with Gasteiger partial charge in [0.05, 0.1) is 6.61 Å². The summed E-state index contributed by atoms with van der Waals surface area (Å²) in [5, 5.41) is 0. The standard InChI is InChI=1S/C18H40N2O/c1-6-7-8-9-10-11-12-13-16-21-17-18(20(4)5)14-15-19(2)3/h18H,6-17H2,1-5H3. The monoisotopic (exact) mass is 300 g/mol. The molecule has 0 aliphatic carbocycles. The predicted octanol–water partition coefficient (Wildman–Crippen LogP) is 4.03. The first-order valence-corrected chi connectivity index (χ1v) is 8.96. The minimum atomic E-state index is 0.543. The van der Waals surface area contributed by atoms with Crippen LogP contribution in [0.25, 0.3) is 0 Å². The summed E-state index contributed by atoms with van der Waals surface area (Å²) >= 11 is 0. The summed E-state index contributed by atoms with van der Waals surface area (Å²) in [6.45, 7) is 5.21. The topological polar surface area (TPSA) is 15.7 Å². The summed E-state index contributed by atoms with van der Waals surface area (Å²) in [5.41, 5.74) is 0. The van der Waals surface area contributed by atoms with Gasteiger partial charge in [0.25, 0.3) is 0 Å². The van der Waals surface area contributed by atoms with Gasteiger partial charge < -0.3 is 14.5 Å². The molecule has 0 rings (SSSR count). The third kappa shape index (κ3) is 14.6. The van der Waals surface area contributed by atoms with Gasteiger partial charge in [-0.15, -0.1) is 0 Å². The van der Waals surface area contributed by atoms with Gasteiger partial charge in [-0.3, -0.25) is 0 Å². The zero-order valence-corrected chi connectivity index (χ0v) is 15.4. The Labute approximate surface area is 134 Å². The smallest absolute Gasteiger partial charge is 0.0622 e. The molecule has 0 aromatic heterocycles. The van der Waals surface area contributed by atoms with Crippen LogP contribution in [0.15, 0.2) is 0 Å². The molecule has 0 heterocycles. The maximum atomic E-state index is 5.87. The molecule has 0 amide bonds. The number of hydrogen-bond donors (Lipinski definition) is 0. The zero-order valence-electron chi connectivity index (χ0n) is 15.4. The summed E-state index contributed by atoms with van der Waals surface area (Å²) in [6, 6.07) is 0.543. The predicted molar refractivity (Wildman–Crippen MR) is 94.1 cm³/mol. The van der Waals surface area contributed by atoms with Crippen molar-refractivity contribution >= 4 is 0 Å². The average molecular weight is 301 g/mol. The van der Waals surface area contributed by atoms with Crippen LogP contribution in [0.1, 0.15) is 64.7 Å². The van der Waals surface area contributed by atoms with Crippen LogP contribution in [0.3, 0.4) is 0 Å². The van der Waals surface area contributed by atoms with Crippen LogP contribution in [0.4, 0.5) is 0 Å². The van der Waals surface area contributed by atoms with Crippen LogP contribution in [-0.2, 0) is 4.74 Å². The highest BCUT2D eigenvalue weighted by atomic mass is 16.5. The van der Waals surface area contributed by atoms with E-state index in [1.165, 1.54) is 57.8 Å². The Hall–Kier alpha value is -0.120. The minimum Gasteiger partial charge on any atom is -0.380 e. The highest BCUT2D eigenvalue weighted by Crippen LogP contribution is 2.09. The molecule has 0 radical (unpaired) electrons. The summed E-state index contributed by atoms with van der Waals surface area (Å²) in [4.78, 5) is 4.53. The SMILES string of the molecule is CCCCCCCCCCOCC(CCN(C)C)N(C)C. The Morgan fingerprint density at radius 1 is 0.810 bits per heavy atom. The van der Waals surface area contributed by atoms with Crippen molar-refractivity contribution in [1.82, 2.24) is 9.80 Å². The highest BCUT2D eigenvalue weighted by molar-refractivity contribution is 4.66. The molecule has 0 aromatic carbocycles. The van der Waals surface area contributed by atoms with E-state index in [9.17, 15) is 0 Å². The van der Waals surface area contributed by atoms with Crippen LogP contribution in [0, 0.1) is 0 Å². The Bertz CT molecular complexity index is 207. The Morgan fingerprint density at radius 2 is 1.38 bits per heavy atom. The first-order valence-electron chi connectivity index (χ1n) is 8.96. The van der Waals surface area contributed by atoms with E-state index < -0.39 is 0 Å². The van der Waals surface area contributed by atoms with E-state index in [2.05, 4.69) is 44.9 Å². The average Bonchev–Trinajstić information content (AvgIpc) is 2.43. The fourth-order valence-corrected chi connectivity index (χ4v) is 2.46. The molecule has 0 saturated carbocycles. The third-order valence-electron chi connectivity index (χ3n) is 4.09. The molecule has 0 aromatic rings. The fourth-order valence-electron chi connectivity index (χ4n) is 2.46. The van der Waals surface area contributed by atoms with Gasteiger partial charge in [0, 0.05) is 12.6 Å². The minimum absolute atomic E-state index is 0.543. The molecule has 0 aliphatic rings. The zero-order chi connectivity index (χ0) is 15.9. The third-order valence-corrected chi connectivity index (χ3v) is 4.09. The molecule has 1 unspecified atom stereocenters. The molecule has 3 heteroatoms. The van der Waals surface area contributed by atoms with E-state index in [-0.39, 0.29) is 0 Å². The van der Waals surface area contributed by atoms with Crippen molar-refractivity contribution < 1.29 is 4.74 Å². The quantitative estimate of drug-likeness (QED) is 0.425. The molecule has 0 bridgehead atoms. The van der Waals surface area contributed by atoms with Gasteiger partial charge in [-0.05, 0) is 47.6 Å².